The van der Waals surface area contributed by atoms with E-state index in [-0.39, 0.29) is 18.5 Å². The number of carboxylic acids is 1. The Hall–Kier alpha value is -1.99. The van der Waals surface area contributed by atoms with E-state index in [4.69, 9.17) is 22.7 Å². The molecule has 148 valence electrons. The molecule has 0 saturated carbocycles. The van der Waals surface area contributed by atoms with E-state index in [2.05, 4.69) is 15.0 Å². The number of nitrogens with two attached hydrogens (primary N) is 2. The summed E-state index contributed by atoms with van der Waals surface area (Å²) in [7, 11) is -0.530. The van der Waals surface area contributed by atoms with Gasteiger partial charge >= 0.3 is 5.97 Å². The molecule has 11 nitrogen and oxygen atoms in total. The molecule has 27 heavy (non-hydrogen) atoms. The Morgan fingerprint density at radius 3 is 2.93 bits per heavy atom. The fourth-order valence-electron chi connectivity index (χ4n) is 2.89. The lowest BCUT2D eigenvalue weighted by Gasteiger charge is -2.16. The van der Waals surface area contributed by atoms with Crippen molar-refractivity contribution in [3.8, 4) is 0 Å². The summed E-state index contributed by atoms with van der Waals surface area (Å²) in [6, 6.07) is -0.989. The molecule has 7 N–H and O–H groups in total. The predicted octanol–water partition coefficient (Wildman–Crippen LogP) is -1.92. The van der Waals surface area contributed by atoms with E-state index in [0.29, 0.717) is 22.7 Å². The Morgan fingerprint density at radius 2 is 2.22 bits per heavy atom. The van der Waals surface area contributed by atoms with Gasteiger partial charge in [-0.1, -0.05) is 0 Å². The molecule has 0 spiro atoms. The van der Waals surface area contributed by atoms with Crippen LogP contribution >= 0.6 is 0 Å². The molecule has 1 aliphatic heterocycles. The van der Waals surface area contributed by atoms with Gasteiger partial charge < -0.3 is 31.5 Å². The molecule has 0 radical (unpaired) electrons. The van der Waals surface area contributed by atoms with Crippen LogP contribution in [0.5, 0.6) is 0 Å². The average molecular weight is 401 g/mol. The zero-order chi connectivity index (χ0) is 20.4. The quantitative estimate of drug-likeness (QED) is 0.328. The fraction of sp³-hybridized carbons (Fsp3) is 0.600. The van der Waals surface area contributed by atoms with Gasteiger partial charge in [0.1, 0.15) is 47.7 Å². The topological polar surface area (TPSA) is 183 Å². The number of aliphatic carboxylic acids is 1. The summed E-state index contributed by atoms with van der Waals surface area (Å²) in [4.78, 5) is 23.0. The molecule has 12 heteroatoms. The molecule has 6 atom stereocenters. The number of anilines is 1. The Balaban J connectivity index is 1.71. The van der Waals surface area contributed by atoms with Crippen LogP contribution in [0, 0.1) is 0 Å². The number of imidazole rings is 1. The minimum absolute atomic E-state index is 0.0530. The maximum Gasteiger partial charge on any atom is 0.320 e. The molecule has 1 unspecified atom stereocenters. The third-order valence-electron chi connectivity index (χ3n) is 4.43. The molecule has 3 heterocycles. The van der Waals surface area contributed by atoms with Crippen LogP contribution in [0.3, 0.4) is 0 Å². The van der Waals surface area contributed by atoms with Gasteiger partial charge in [-0.25, -0.2) is 15.0 Å². The molecule has 2 aromatic rings. The number of carbonyl (C=O) groups is 1. The monoisotopic (exact) mass is 401 g/mol. The summed E-state index contributed by atoms with van der Waals surface area (Å²) in [5.41, 5.74) is 12.0. The number of nitrogen functional groups attached to an aromatic ring is 1. The SMILES string of the molecule is [3H]C[S+](CC[C@H](N)C(=O)O)C[C@H]1O[C@@H](n2cnc3c(N)ncnc32)[C@H](O)[C@@H]1O. The van der Waals surface area contributed by atoms with Gasteiger partial charge in [0.05, 0.1) is 13.9 Å². The molecule has 1 fully saturated rings. The lowest BCUT2D eigenvalue weighted by Crippen LogP contribution is -2.37. The lowest BCUT2D eigenvalue weighted by molar-refractivity contribution is -0.138. The summed E-state index contributed by atoms with van der Waals surface area (Å²) >= 11 is 0. The maximum absolute atomic E-state index is 10.9. The first kappa shape index (κ1) is 18.4. The van der Waals surface area contributed by atoms with Crippen molar-refractivity contribution in [1.29, 1.82) is 0 Å². The lowest BCUT2D eigenvalue weighted by atomic mass is 10.1. The largest absolute Gasteiger partial charge is 0.480 e. The first-order chi connectivity index (χ1) is 13.3. The standard InChI is InChI=1S/C15H22N6O5S/c1-27(3-2-7(16)15(24)25)4-8-10(22)11(23)14(26-8)21-6-20-9-12(17)18-5-19-13(9)21/h5-8,10-11,14,22-23H,2-4,16H2,1H3,(H2-,17,18,19,24,25)/p+1/t7-,8+,10+,11+,14+,27?/m0/s1/i1T. The van der Waals surface area contributed by atoms with Gasteiger partial charge in [-0.3, -0.25) is 9.36 Å². The minimum atomic E-state index is -1.23. The Kier molecular flexibility index (Phi) is 5.41. The van der Waals surface area contributed by atoms with Gasteiger partial charge in [0.15, 0.2) is 17.7 Å². The number of fused-ring (bicyclic) bond motifs is 1. The number of aliphatic hydroxyl groups is 2. The van der Waals surface area contributed by atoms with Crippen LogP contribution in [0.4, 0.5) is 5.82 Å². The average Bonchev–Trinajstić information content (AvgIpc) is 3.21. The van der Waals surface area contributed by atoms with Crippen LogP contribution in [0.1, 0.15) is 14.0 Å². The number of carboxylic acid groups (broad SMARTS) is 1. The summed E-state index contributed by atoms with van der Waals surface area (Å²) in [5, 5.41) is 29.8. The molecular formula is C15H23N6O5S+. The van der Waals surface area contributed by atoms with E-state index in [9.17, 15) is 15.0 Å². The van der Waals surface area contributed by atoms with E-state index in [1.807, 2.05) is 0 Å². The second kappa shape index (κ2) is 7.94. The summed E-state index contributed by atoms with van der Waals surface area (Å²) in [5.74, 6) is -0.149. The van der Waals surface area contributed by atoms with Crippen molar-refractivity contribution in [2.75, 3.05) is 23.5 Å². The van der Waals surface area contributed by atoms with Crippen LogP contribution in [-0.4, -0.2) is 82.9 Å². The van der Waals surface area contributed by atoms with Gasteiger partial charge in [-0.15, -0.1) is 0 Å². The Bertz CT molecular complexity index is 840. The van der Waals surface area contributed by atoms with E-state index in [1.165, 1.54) is 17.2 Å². The molecule has 1 saturated heterocycles. The van der Waals surface area contributed by atoms with Crippen LogP contribution in [0.15, 0.2) is 12.7 Å². The van der Waals surface area contributed by atoms with Crippen LogP contribution in [-0.2, 0) is 20.4 Å². The van der Waals surface area contributed by atoms with Crippen molar-refractivity contribution in [3.05, 3.63) is 12.7 Å². The number of nitrogens with zero attached hydrogens (tertiary/aromatic N) is 4. The number of aliphatic hydroxyl groups excluding tert-OH is 2. The van der Waals surface area contributed by atoms with Crippen LogP contribution in [0.25, 0.3) is 11.2 Å². The van der Waals surface area contributed by atoms with E-state index < -0.39 is 47.4 Å². The Morgan fingerprint density at radius 1 is 1.44 bits per heavy atom. The number of ether oxygens (including phenoxy) is 1. The summed E-state index contributed by atoms with van der Waals surface area (Å²) < 4.78 is 15.0. The van der Waals surface area contributed by atoms with Gasteiger partial charge in [0.25, 0.3) is 0 Å². The van der Waals surface area contributed by atoms with E-state index >= 15 is 0 Å². The van der Waals surface area contributed by atoms with E-state index in [0.717, 1.165) is 0 Å². The highest BCUT2D eigenvalue weighted by Gasteiger charge is 2.46. The number of hydrogen-bond donors (Lipinski definition) is 5. The van der Waals surface area contributed by atoms with Crippen molar-refractivity contribution in [2.24, 2.45) is 5.73 Å². The third kappa shape index (κ3) is 3.99. The number of aromatic nitrogens is 4. The van der Waals surface area contributed by atoms with Crippen molar-refractivity contribution in [2.45, 2.75) is 37.0 Å². The van der Waals surface area contributed by atoms with Crippen molar-refractivity contribution in [1.82, 2.24) is 19.5 Å². The van der Waals surface area contributed by atoms with Gasteiger partial charge in [-0.05, 0) is 10.9 Å². The van der Waals surface area contributed by atoms with Gasteiger partial charge in [0, 0.05) is 6.42 Å². The number of rotatable bonds is 7. The number of hydrogen-bond acceptors (Lipinski definition) is 9. The smallest absolute Gasteiger partial charge is 0.320 e. The normalized spacial score (nSPS) is 28.2. The molecule has 0 aliphatic carbocycles. The molecule has 1 aliphatic rings. The molecule has 0 amide bonds. The van der Waals surface area contributed by atoms with Crippen molar-refractivity contribution < 1.29 is 26.2 Å². The predicted molar refractivity (Wildman–Crippen MR) is 98.9 cm³/mol. The first-order valence-corrected chi connectivity index (χ1v) is 9.93. The highest BCUT2D eigenvalue weighted by Crippen LogP contribution is 2.32. The molecule has 3 rings (SSSR count). The van der Waals surface area contributed by atoms with Crippen LogP contribution in [0.2, 0.25) is 0 Å². The minimum Gasteiger partial charge on any atom is -0.480 e. The molecule has 2 aromatic heterocycles. The van der Waals surface area contributed by atoms with Gasteiger partial charge in [-0.2, -0.15) is 0 Å². The maximum atomic E-state index is 10.9. The van der Waals surface area contributed by atoms with Crippen molar-refractivity contribution in [3.63, 3.8) is 0 Å². The summed E-state index contributed by atoms with van der Waals surface area (Å²) in [6.45, 7) is 0. The highest BCUT2D eigenvalue weighted by atomic mass is 32.2. The molecule has 0 bridgehead atoms. The van der Waals surface area contributed by atoms with Gasteiger partial charge in [0.2, 0.25) is 0 Å². The van der Waals surface area contributed by atoms with Crippen LogP contribution < -0.4 is 11.5 Å². The second-order valence-electron chi connectivity index (χ2n) is 6.35. The zero-order valence-corrected chi connectivity index (χ0v) is 15.2. The first-order valence-electron chi connectivity index (χ1n) is 8.90. The zero-order valence-electron chi connectivity index (χ0n) is 15.4. The highest BCUT2D eigenvalue weighted by molar-refractivity contribution is 7.96. The fourth-order valence-corrected chi connectivity index (χ4v) is 4.38. The summed E-state index contributed by atoms with van der Waals surface area (Å²) in [6.07, 6.45) is -1.06. The Labute approximate surface area is 159 Å². The molecular weight excluding hydrogens is 376 g/mol. The van der Waals surface area contributed by atoms with Crippen molar-refractivity contribution >= 4 is 33.8 Å². The third-order valence-corrected chi connectivity index (χ3v) is 6.05. The molecule has 0 aromatic carbocycles. The second-order valence-corrected chi connectivity index (χ2v) is 8.31. The van der Waals surface area contributed by atoms with E-state index in [1.54, 1.807) is 0 Å².